The Balaban J connectivity index is 2.07. The number of aromatic nitrogens is 3. The molecule has 1 heterocycles. The van der Waals surface area contributed by atoms with Crippen molar-refractivity contribution in [3.05, 3.63) is 11.9 Å². The fourth-order valence-electron chi connectivity index (χ4n) is 1.22. The predicted molar refractivity (Wildman–Crippen MR) is 45.7 cm³/mol. The van der Waals surface area contributed by atoms with Crippen LogP contribution in [0.5, 0.6) is 0 Å². The maximum Gasteiger partial charge on any atom is 0.305 e. The zero-order valence-corrected chi connectivity index (χ0v) is 7.66. The maximum atomic E-state index is 13.0. The van der Waals surface area contributed by atoms with Crippen LogP contribution in [0.25, 0.3) is 0 Å². The second-order valence-electron chi connectivity index (χ2n) is 3.68. The summed E-state index contributed by atoms with van der Waals surface area (Å²) in [6.07, 6.45) is 3.59. The smallest absolute Gasteiger partial charge is 0.305 e. The molecule has 6 heteroatoms. The third-order valence-electron chi connectivity index (χ3n) is 2.31. The molecule has 2 N–H and O–H groups in total. The van der Waals surface area contributed by atoms with E-state index in [1.54, 1.807) is 0 Å². The molecule has 0 atom stereocenters. The first-order valence-corrected chi connectivity index (χ1v) is 4.60. The van der Waals surface area contributed by atoms with E-state index < -0.39 is 12.5 Å². The number of nitrogens with zero attached hydrogens (tertiary/aromatic N) is 3. The van der Waals surface area contributed by atoms with Gasteiger partial charge >= 0.3 is 5.92 Å². The van der Waals surface area contributed by atoms with E-state index in [0.29, 0.717) is 12.5 Å². The Labute approximate surface area is 80.1 Å². The van der Waals surface area contributed by atoms with Gasteiger partial charge in [0.1, 0.15) is 0 Å². The predicted octanol–water partition coefficient (Wildman–Crippen LogP) is 0.739. The lowest BCUT2D eigenvalue weighted by Crippen LogP contribution is -2.25. The third kappa shape index (κ3) is 1.89. The lowest BCUT2D eigenvalue weighted by molar-refractivity contribution is 0.00125. The second kappa shape index (κ2) is 3.27. The molecule has 1 aliphatic carbocycles. The van der Waals surface area contributed by atoms with Crippen molar-refractivity contribution in [2.45, 2.75) is 25.3 Å². The molecule has 0 spiro atoms. The van der Waals surface area contributed by atoms with Gasteiger partial charge in [-0.1, -0.05) is 5.21 Å². The summed E-state index contributed by atoms with van der Waals surface area (Å²) in [7, 11) is 0. The van der Waals surface area contributed by atoms with Gasteiger partial charge in [0.15, 0.2) is 5.69 Å². The van der Waals surface area contributed by atoms with Crippen molar-refractivity contribution in [3.8, 4) is 0 Å². The van der Waals surface area contributed by atoms with Crippen molar-refractivity contribution in [1.82, 2.24) is 15.0 Å². The first kappa shape index (κ1) is 9.51. The Morgan fingerprint density at radius 1 is 1.57 bits per heavy atom. The SMILES string of the molecule is NCC(F)(F)c1cn(CC2CC2)nn1. The van der Waals surface area contributed by atoms with E-state index in [4.69, 9.17) is 5.73 Å². The standard InChI is InChI=1S/C8H12F2N4/c9-8(10,5-11)7-4-14(13-12-7)3-6-1-2-6/h4,6H,1-3,5,11H2. The first-order chi connectivity index (χ1) is 6.62. The van der Waals surface area contributed by atoms with Gasteiger partial charge < -0.3 is 5.73 Å². The quantitative estimate of drug-likeness (QED) is 0.783. The summed E-state index contributed by atoms with van der Waals surface area (Å²) in [5.74, 6) is -2.46. The largest absolute Gasteiger partial charge is 0.325 e. The van der Waals surface area contributed by atoms with Gasteiger partial charge in [0.25, 0.3) is 0 Å². The van der Waals surface area contributed by atoms with Crippen molar-refractivity contribution in [2.75, 3.05) is 6.54 Å². The minimum absolute atomic E-state index is 0.333. The average Bonchev–Trinajstić information content (AvgIpc) is 2.81. The molecule has 4 nitrogen and oxygen atoms in total. The molecule has 0 unspecified atom stereocenters. The zero-order valence-electron chi connectivity index (χ0n) is 7.66. The van der Waals surface area contributed by atoms with Crippen LogP contribution in [0.2, 0.25) is 0 Å². The topological polar surface area (TPSA) is 56.7 Å². The molecule has 0 amide bonds. The fraction of sp³-hybridized carbons (Fsp3) is 0.750. The van der Waals surface area contributed by atoms with Crippen molar-refractivity contribution in [3.63, 3.8) is 0 Å². The maximum absolute atomic E-state index is 13.0. The van der Waals surface area contributed by atoms with Gasteiger partial charge in [-0.05, 0) is 18.8 Å². The Hall–Kier alpha value is -1.04. The van der Waals surface area contributed by atoms with Crippen LogP contribution in [0, 0.1) is 5.92 Å². The van der Waals surface area contributed by atoms with E-state index in [1.807, 2.05) is 0 Å². The highest BCUT2D eigenvalue weighted by Gasteiger charge is 2.33. The number of hydrogen-bond donors (Lipinski definition) is 1. The molecule has 1 fully saturated rings. The van der Waals surface area contributed by atoms with Gasteiger partial charge in [-0.2, -0.15) is 8.78 Å². The van der Waals surface area contributed by atoms with Crippen molar-refractivity contribution in [2.24, 2.45) is 11.7 Å². The molecule has 0 aliphatic heterocycles. The van der Waals surface area contributed by atoms with E-state index in [-0.39, 0.29) is 5.69 Å². The van der Waals surface area contributed by atoms with Crippen molar-refractivity contribution < 1.29 is 8.78 Å². The van der Waals surface area contributed by atoms with Gasteiger partial charge in [-0.3, -0.25) is 4.68 Å². The Morgan fingerprint density at radius 2 is 2.29 bits per heavy atom. The minimum Gasteiger partial charge on any atom is -0.325 e. The summed E-state index contributed by atoms with van der Waals surface area (Å²) >= 11 is 0. The fourth-order valence-corrected chi connectivity index (χ4v) is 1.22. The van der Waals surface area contributed by atoms with Crippen LogP contribution in [0.1, 0.15) is 18.5 Å². The summed E-state index contributed by atoms with van der Waals surface area (Å²) in [4.78, 5) is 0. The molecule has 2 rings (SSSR count). The summed E-state index contributed by atoms with van der Waals surface area (Å²) in [6.45, 7) is -0.0389. The average molecular weight is 202 g/mol. The highest BCUT2D eigenvalue weighted by molar-refractivity contribution is 5.02. The summed E-state index contributed by atoms with van der Waals surface area (Å²) in [5, 5.41) is 7.06. The number of alkyl halides is 2. The molecule has 1 aromatic rings. The van der Waals surface area contributed by atoms with Crippen LogP contribution in [0.3, 0.4) is 0 Å². The first-order valence-electron chi connectivity index (χ1n) is 4.60. The Morgan fingerprint density at radius 3 is 2.86 bits per heavy atom. The molecule has 0 bridgehead atoms. The molecule has 0 aromatic carbocycles. The van der Waals surface area contributed by atoms with Crippen LogP contribution in [-0.4, -0.2) is 21.5 Å². The van der Waals surface area contributed by atoms with E-state index >= 15 is 0 Å². The number of rotatable bonds is 4. The number of halogens is 2. The molecule has 0 saturated heterocycles. The second-order valence-corrected chi connectivity index (χ2v) is 3.68. The molecule has 78 valence electrons. The summed E-state index contributed by atoms with van der Waals surface area (Å²) in [5.41, 5.74) is 4.60. The van der Waals surface area contributed by atoms with E-state index in [9.17, 15) is 8.78 Å². The van der Waals surface area contributed by atoms with E-state index in [0.717, 1.165) is 12.8 Å². The molecule has 0 radical (unpaired) electrons. The third-order valence-corrected chi connectivity index (χ3v) is 2.31. The molecule has 1 aromatic heterocycles. The van der Waals surface area contributed by atoms with Gasteiger partial charge in [0.05, 0.1) is 12.7 Å². The zero-order chi connectivity index (χ0) is 10.2. The molecular formula is C8H12F2N4. The molecular weight excluding hydrogens is 190 g/mol. The van der Waals surface area contributed by atoms with Crippen molar-refractivity contribution >= 4 is 0 Å². The summed E-state index contributed by atoms with van der Waals surface area (Å²) in [6, 6.07) is 0. The van der Waals surface area contributed by atoms with Gasteiger partial charge in [-0.25, -0.2) is 0 Å². The van der Waals surface area contributed by atoms with Gasteiger partial charge in [0.2, 0.25) is 0 Å². The van der Waals surface area contributed by atoms with Crippen LogP contribution >= 0.6 is 0 Å². The lowest BCUT2D eigenvalue weighted by atomic mass is 10.2. The monoisotopic (exact) mass is 202 g/mol. The normalized spacial score (nSPS) is 17.4. The van der Waals surface area contributed by atoms with Crippen LogP contribution in [0.15, 0.2) is 6.20 Å². The number of nitrogens with two attached hydrogens (primary N) is 1. The summed E-state index contributed by atoms with van der Waals surface area (Å²) < 4.78 is 27.5. The van der Waals surface area contributed by atoms with E-state index in [1.165, 1.54) is 10.9 Å². The van der Waals surface area contributed by atoms with Crippen LogP contribution in [0.4, 0.5) is 8.78 Å². The highest BCUT2D eigenvalue weighted by Crippen LogP contribution is 2.31. The molecule has 1 saturated carbocycles. The molecule has 14 heavy (non-hydrogen) atoms. The van der Waals surface area contributed by atoms with E-state index in [2.05, 4.69) is 10.3 Å². The van der Waals surface area contributed by atoms with Crippen molar-refractivity contribution in [1.29, 1.82) is 0 Å². The number of hydrogen-bond acceptors (Lipinski definition) is 3. The lowest BCUT2D eigenvalue weighted by Gasteiger charge is -2.08. The minimum atomic E-state index is -3.05. The van der Waals surface area contributed by atoms with Gasteiger partial charge in [-0.15, -0.1) is 5.10 Å². The highest BCUT2D eigenvalue weighted by atomic mass is 19.3. The van der Waals surface area contributed by atoms with Crippen LogP contribution in [-0.2, 0) is 12.5 Å². The van der Waals surface area contributed by atoms with Crippen LogP contribution < -0.4 is 5.73 Å². The Kier molecular flexibility index (Phi) is 2.22. The molecule has 1 aliphatic rings. The van der Waals surface area contributed by atoms with Gasteiger partial charge in [0, 0.05) is 6.54 Å². The Bertz CT molecular complexity index is 319.